The first kappa shape index (κ1) is 25.8. The molecular formula is C20H37BFNO4. The van der Waals surface area contributed by atoms with Crippen LogP contribution in [0.1, 0.15) is 61.8 Å². The maximum atomic E-state index is 10.8. The van der Waals surface area contributed by atoms with E-state index >= 15 is 0 Å². The molecule has 0 amide bonds. The normalized spacial score (nSPS) is 21.1. The van der Waals surface area contributed by atoms with Gasteiger partial charge in [0, 0.05) is 13.1 Å². The number of allylic oxidation sites excluding steroid dienone is 1. The van der Waals surface area contributed by atoms with Crippen LogP contribution in [-0.2, 0) is 18.8 Å². The summed E-state index contributed by atoms with van der Waals surface area (Å²) in [5.41, 5.74) is 0.544. The quantitative estimate of drug-likeness (QED) is 0.523. The highest BCUT2D eigenvalue weighted by molar-refractivity contribution is 6.54. The first-order chi connectivity index (χ1) is 12.1. The SMILES string of the molecule is C=C(C)F.CC(C)(C)OC=O.CN1CC=C(B2OC(C)(C)C(C)(C)O2)CC1. The van der Waals surface area contributed by atoms with Crippen molar-refractivity contribution in [3.63, 3.8) is 0 Å². The average Bonchev–Trinajstić information content (AvgIpc) is 2.67. The summed E-state index contributed by atoms with van der Waals surface area (Å²) < 4.78 is 27.4. The van der Waals surface area contributed by atoms with Gasteiger partial charge in [0.25, 0.3) is 6.47 Å². The van der Waals surface area contributed by atoms with Gasteiger partial charge in [-0.3, -0.25) is 4.79 Å². The van der Waals surface area contributed by atoms with Crippen LogP contribution in [0.4, 0.5) is 4.39 Å². The first-order valence-electron chi connectivity index (χ1n) is 9.27. The van der Waals surface area contributed by atoms with E-state index in [2.05, 4.69) is 57.0 Å². The lowest BCUT2D eigenvalue weighted by Gasteiger charge is -2.32. The van der Waals surface area contributed by atoms with Gasteiger partial charge in [-0.1, -0.05) is 12.7 Å². The van der Waals surface area contributed by atoms with E-state index in [0.29, 0.717) is 6.47 Å². The van der Waals surface area contributed by atoms with Gasteiger partial charge in [-0.05, 0) is 74.3 Å². The fraction of sp³-hybridized carbons (Fsp3) is 0.750. The molecule has 0 atom stereocenters. The summed E-state index contributed by atoms with van der Waals surface area (Å²) in [6, 6.07) is 0. The molecule has 0 aliphatic carbocycles. The Labute approximate surface area is 165 Å². The minimum absolute atomic E-state index is 0.140. The predicted molar refractivity (Wildman–Crippen MR) is 109 cm³/mol. The van der Waals surface area contributed by atoms with Crippen molar-refractivity contribution >= 4 is 13.6 Å². The lowest BCUT2D eigenvalue weighted by atomic mass is 9.75. The minimum atomic E-state index is -0.333. The smallest absolute Gasteiger partial charge is 0.462 e. The van der Waals surface area contributed by atoms with Gasteiger partial charge in [-0.25, -0.2) is 4.39 Å². The van der Waals surface area contributed by atoms with Crippen LogP contribution in [0.2, 0.25) is 0 Å². The Hall–Kier alpha value is -1.18. The zero-order chi connectivity index (χ0) is 21.5. The zero-order valence-corrected chi connectivity index (χ0v) is 18.5. The number of carbonyl (C=O) groups excluding carboxylic acids is 1. The molecule has 2 aliphatic rings. The van der Waals surface area contributed by atoms with E-state index in [1.165, 1.54) is 12.4 Å². The van der Waals surface area contributed by atoms with Crippen molar-refractivity contribution in [3.8, 4) is 0 Å². The molecular weight excluding hydrogens is 348 g/mol. The van der Waals surface area contributed by atoms with Gasteiger partial charge in [0.15, 0.2) is 0 Å². The van der Waals surface area contributed by atoms with Gasteiger partial charge in [0.05, 0.1) is 17.0 Å². The van der Waals surface area contributed by atoms with Gasteiger partial charge in [0.1, 0.15) is 5.60 Å². The summed E-state index contributed by atoms with van der Waals surface area (Å²) in [6.45, 7) is 20.6. The van der Waals surface area contributed by atoms with Crippen LogP contribution in [0, 0.1) is 0 Å². The molecule has 2 rings (SSSR count). The zero-order valence-electron chi connectivity index (χ0n) is 18.5. The van der Waals surface area contributed by atoms with E-state index in [1.807, 2.05) is 20.8 Å². The van der Waals surface area contributed by atoms with E-state index in [1.54, 1.807) is 0 Å². The number of ether oxygens (including phenoxy) is 1. The third kappa shape index (κ3) is 10.1. The monoisotopic (exact) mass is 385 g/mol. The summed E-state index contributed by atoms with van der Waals surface area (Å²) in [6.07, 6.45) is 3.29. The predicted octanol–water partition coefficient (Wildman–Crippen LogP) is 4.33. The Bertz CT molecular complexity index is 507. The summed E-state index contributed by atoms with van der Waals surface area (Å²) in [5.74, 6) is -0.333. The van der Waals surface area contributed by atoms with Crippen LogP contribution < -0.4 is 0 Å². The number of likely N-dealkylation sites (N-methyl/N-ethyl adjacent to an activating group) is 1. The van der Waals surface area contributed by atoms with Crippen LogP contribution >= 0.6 is 0 Å². The van der Waals surface area contributed by atoms with E-state index in [4.69, 9.17) is 9.31 Å². The highest BCUT2D eigenvalue weighted by Gasteiger charge is 2.52. The van der Waals surface area contributed by atoms with Crippen LogP contribution in [0.3, 0.4) is 0 Å². The summed E-state index contributed by atoms with van der Waals surface area (Å²) >= 11 is 0. The van der Waals surface area contributed by atoms with Crippen LogP contribution in [-0.4, -0.2) is 55.4 Å². The van der Waals surface area contributed by atoms with Crippen molar-refractivity contribution in [2.24, 2.45) is 0 Å². The minimum Gasteiger partial charge on any atom is -0.462 e. The third-order valence-corrected chi connectivity index (χ3v) is 4.41. The number of carbonyl (C=O) groups is 1. The molecule has 156 valence electrons. The molecule has 0 aromatic rings. The fourth-order valence-electron chi connectivity index (χ4n) is 2.14. The van der Waals surface area contributed by atoms with E-state index in [0.717, 1.165) is 19.5 Å². The molecule has 2 aliphatic heterocycles. The van der Waals surface area contributed by atoms with Crippen molar-refractivity contribution < 1.29 is 23.2 Å². The maximum absolute atomic E-state index is 10.8. The number of nitrogens with zero attached hydrogens (tertiary/aromatic N) is 1. The topological polar surface area (TPSA) is 48.0 Å². The van der Waals surface area contributed by atoms with E-state index in [9.17, 15) is 9.18 Å². The second-order valence-corrected chi connectivity index (χ2v) is 8.88. The van der Waals surface area contributed by atoms with E-state index < -0.39 is 0 Å². The Morgan fingerprint density at radius 3 is 2.00 bits per heavy atom. The molecule has 1 saturated heterocycles. The van der Waals surface area contributed by atoms with Gasteiger partial charge in [-0.2, -0.15) is 0 Å². The molecule has 0 aromatic carbocycles. The molecule has 0 bridgehead atoms. The molecule has 2 heterocycles. The van der Waals surface area contributed by atoms with Crippen molar-refractivity contribution in [2.75, 3.05) is 20.1 Å². The Morgan fingerprint density at radius 1 is 1.30 bits per heavy atom. The van der Waals surface area contributed by atoms with Gasteiger partial charge >= 0.3 is 7.12 Å². The molecule has 0 N–H and O–H groups in total. The number of hydrogen-bond donors (Lipinski definition) is 0. The molecule has 7 heteroatoms. The number of halogens is 1. The largest absolute Gasteiger partial charge is 0.490 e. The third-order valence-electron chi connectivity index (χ3n) is 4.41. The Balaban J connectivity index is 0.000000514. The highest BCUT2D eigenvalue weighted by atomic mass is 19.1. The second-order valence-electron chi connectivity index (χ2n) is 8.88. The van der Waals surface area contributed by atoms with Gasteiger partial charge in [-0.15, -0.1) is 0 Å². The van der Waals surface area contributed by atoms with Crippen molar-refractivity contribution in [2.45, 2.75) is 78.6 Å². The molecule has 0 aromatic heterocycles. The number of hydrogen-bond acceptors (Lipinski definition) is 5. The summed E-state index contributed by atoms with van der Waals surface area (Å²) in [5, 5.41) is 0. The lowest BCUT2D eigenvalue weighted by Crippen LogP contribution is -2.41. The molecule has 0 radical (unpaired) electrons. The van der Waals surface area contributed by atoms with Gasteiger partial charge < -0.3 is 18.9 Å². The summed E-state index contributed by atoms with van der Waals surface area (Å²) in [4.78, 5) is 11.9. The van der Waals surface area contributed by atoms with E-state index in [-0.39, 0.29) is 29.7 Å². The standard InChI is InChI=1S/C12H22BNO2.C5H10O2.C3H5F/c1-11(2)12(3,4)16-13(15-11)10-6-8-14(5)9-7-10;1-5(2,3)7-4-6;1-3(2)4/h6H,7-9H2,1-5H3;4H,1-3H3;1H2,2H3. The van der Waals surface area contributed by atoms with Crippen molar-refractivity contribution in [1.82, 2.24) is 4.90 Å². The van der Waals surface area contributed by atoms with Crippen molar-refractivity contribution in [1.29, 1.82) is 0 Å². The van der Waals surface area contributed by atoms with Crippen LogP contribution in [0.15, 0.2) is 24.0 Å². The lowest BCUT2D eigenvalue weighted by molar-refractivity contribution is -0.138. The second kappa shape index (κ2) is 10.4. The average molecular weight is 385 g/mol. The fourth-order valence-corrected chi connectivity index (χ4v) is 2.14. The molecule has 1 fully saturated rings. The molecule has 0 spiro atoms. The molecule has 0 saturated carbocycles. The van der Waals surface area contributed by atoms with Crippen LogP contribution in [0.25, 0.3) is 0 Å². The molecule has 27 heavy (non-hydrogen) atoms. The Morgan fingerprint density at radius 2 is 1.74 bits per heavy atom. The van der Waals surface area contributed by atoms with Crippen molar-refractivity contribution in [3.05, 3.63) is 24.0 Å². The van der Waals surface area contributed by atoms with Gasteiger partial charge in [0.2, 0.25) is 0 Å². The van der Waals surface area contributed by atoms with Crippen LogP contribution in [0.5, 0.6) is 0 Å². The number of rotatable bonds is 2. The highest BCUT2D eigenvalue weighted by Crippen LogP contribution is 2.39. The maximum Gasteiger partial charge on any atom is 0.490 e. The summed E-state index contributed by atoms with van der Waals surface area (Å²) in [7, 11) is 2.00. The molecule has 0 unspecified atom stereocenters. The Kier molecular flexibility index (Phi) is 9.94. The first-order valence-corrected chi connectivity index (χ1v) is 9.27. The molecule has 5 nitrogen and oxygen atoms in total.